The first-order chi connectivity index (χ1) is 9.74. The fourth-order valence-electron chi connectivity index (χ4n) is 1.68. The molecule has 0 aliphatic carbocycles. The first-order valence-electron chi connectivity index (χ1n) is 6.86. The minimum Gasteiger partial charge on any atom is -0.444 e. The molecule has 0 spiro atoms. The Morgan fingerprint density at radius 1 is 1.43 bits per heavy atom. The van der Waals surface area contributed by atoms with E-state index in [2.05, 4.69) is 10.2 Å². The standard InChI is InChI=1S/C13H22N4O4/c1-5-16(12(20)21-13(2,3)4)7-6-8-17-9-14-15-10(18)11(17)19/h9H,5-8H2,1-4H3,(H,15,18). The van der Waals surface area contributed by atoms with Gasteiger partial charge in [-0.3, -0.25) is 14.2 Å². The van der Waals surface area contributed by atoms with Crippen molar-refractivity contribution in [2.24, 2.45) is 0 Å². The molecule has 0 aliphatic rings. The normalized spacial score (nSPS) is 11.2. The van der Waals surface area contributed by atoms with E-state index in [0.29, 0.717) is 26.1 Å². The minimum atomic E-state index is -0.753. The molecule has 0 atom stereocenters. The van der Waals surface area contributed by atoms with Gasteiger partial charge in [-0.25, -0.2) is 9.89 Å². The molecule has 0 bridgehead atoms. The number of ether oxygens (including phenoxy) is 1. The van der Waals surface area contributed by atoms with Crippen molar-refractivity contribution in [3.8, 4) is 0 Å². The summed E-state index contributed by atoms with van der Waals surface area (Å²) in [6, 6.07) is 0. The zero-order valence-corrected chi connectivity index (χ0v) is 12.9. The maximum Gasteiger partial charge on any atom is 0.410 e. The smallest absolute Gasteiger partial charge is 0.410 e. The Labute approximate surface area is 122 Å². The third-order valence-corrected chi connectivity index (χ3v) is 2.68. The van der Waals surface area contributed by atoms with Gasteiger partial charge < -0.3 is 9.64 Å². The number of hydrogen-bond acceptors (Lipinski definition) is 5. The van der Waals surface area contributed by atoms with E-state index < -0.39 is 16.7 Å². The van der Waals surface area contributed by atoms with Crippen molar-refractivity contribution < 1.29 is 9.53 Å². The maximum atomic E-state index is 11.9. The number of hydrogen-bond donors (Lipinski definition) is 1. The van der Waals surface area contributed by atoms with Gasteiger partial charge in [-0.1, -0.05) is 0 Å². The van der Waals surface area contributed by atoms with Gasteiger partial charge in [-0.15, -0.1) is 0 Å². The number of aromatic nitrogens is 3. The summed E-state index contributed by atoms with van der Waals surface area (Å²) in [5.41, 5.74) is -1.94. The van der Waals surface area contributed by atoms with Gasteiger partial charge >= 0.3 is 17.2 Å². The Kier molecular flexibility index (Phi) is 5.69. The molecular weight excluding hydrogens is 276 g/mol. The van der Waals surface area contributed by atoms with Crippen molar-refractivity contribution in [3.63, 3.8) is 0 Å². The summed E-state index contributed by atoms with van der Waals surface area (Å²) in [5.74, 6) is 0. The van der Waals surface area contributed by atoms with Crippen molar-refractivity contribution in [3.05, 3.63) is 27.0 Å². The highest BCUT2D eigenvalue weighted by atomic mass is 16.6. The molecular formula is C13H22N4O4. The van der Waals surface area contributed by atoms with E-state index >= 15 is 0 Å². The number of carbonyl (C=O) groups excluding carboxylic acids is 1. The second-order valence-corrected chi connectivity index (χ2v) is 5.60. The van der Waals surface area contributed by atoms with Crippen molar-refractivity contribution in [1.82, 2.24) is 19.7 Å². The quantitative estimate of drug-likeness (QED) is 0.802. The third-order valence-electron chi connectivity index (χ3n) is 2.68. The van der Waals surface area contributed by atoms with Crippen LogP contribution in [0.3, 0.4) is 0 Å². The van der Waals surface area contributed by atoms with Crippen molar-refractivity contribution >= 4 is 6.09 Å². The van der Waals surface area contributed by atoms with Gasteiger partial charge in [-0.05, 0) is 34.1 Å². The molecule has 1 aromatic rings. The van der Waals surface area contributed by atoms with Crippen molar-refractivity contribution in [1.29, 1.82) is 0 Å². The highest BCUT2D eigenvalue weighted by Gasteiger charge is 2.20. The molecule has 0 saturated carbocycles. The Balaban J connectivity index is 2.56. The Bertz CT molecular complexity index is 585. The summed E-state index contributed by atoms with van der Waals surface area (Å²) >= 11 is 0. The van der Waals surface area contributed by atoms with Gasteiger partial charge in [0.25, 0.3) is 0 Å². The first kappa shape index (κ1) is 16.9. The molecule has 0 radical (unpaired) electrons. The second-order valence-electron chi connectivity index (χ2n) is 5.60. The molecule has 1 N–H and O–H groups in total. The number of nitrogens with one attached hydrogen (secondary N) is 1. The highest BCUT2D eigenvalue weighted by molar-refractivity contribution is 5.68. The van der Waals surface area contributed by atoms with E-state index in [1.54, 1.807) is 25.7 Å². The second kappa shape index (κ2) is 7.05. The van der Waals surface area contributed by atoms with E-state index in [9.17, 15) is 14.4 Å². The van der Waals surface area contributed by atoms with E-state index in [1.807, 2.05) is 6.92 Å². The average Bonchev–Trinajstić information content (AvgIpc) is 2.37. The lowest BCUT2D eigenvalue weighted by Gasteiger charge is -2.26. The van der Waals surface area contributed by atoms with E-state index in [4.69, 9.17) is 4.74 Å². The van der Waals surface area contributed by atoms with Gasteiger partial charge in [0.2, 0.25) is 0 Å². The monoisotopic (exact) mass is 298 g/mol. The zero-order valence-electron chi connectivity index (χ0n) is 12.9. The molecule has 0 unspecified atom stereocenters. The molecule has 1 amide bonds. The summed E-state index contributed by atoms with van der Waals surface area (Å²) < 4.78 is 6.51. The predicted octanol–water partition coefficient (Wildman–Crippen LogP) is 0.579. The molecule has 8 nitrogen and oxygen atoms in total. The Hall–Kier alpha value is -2.12. The average molecular weight is 298 g/mol. The van der Waals surface area contributed by atoms with Crippen LogP contribution in [0, 0.1) is 0 Å². The molecule has 0 saturated heterocycles. The van der Waals surface area contributed by atoms with Crippen LogP contribution in [0.4, 0.5) is 4.79 Å². The molecule has 1 heterocycles. The minimum absolute atomic E-state index is 0.315. The van der Waals surface area contributed by atoms with Gasteiger partial charge in [0.15, 0.2) is 0 Å². The van der Waals surface area contributed by atoms with Crippen molar-refractivity contribution in [2.75, 3.05) is 13.1 Å². The van der Waals surface area contributed by atoms with E-state index in [1.165, 1.54) is 10.9 Å². The molecule has 0 aromatic carbocycles. The van der Waals surface area contributed by atoms with Gasteiger partial charge in [0.1, 0.15) is 11.9 Å². The van der Waals surface area contributed by atoms with Crippen LogP contribution in [0.15, 0.2) is 15.9 Å². The Morgan fingerprint density at radius 2 is 2.10 bits per heavy atom. The first-order valence-corrected chi connectivity index (χ1v) is 6.86. The molecule has 1 rings (SSSR count). The zero-order chi connectivity index (χ0) is 16.0. The van der Waals surface area contributed by atoms with Crippen LogP contribution in [0.5, 0.6) is 0 Å². The van der Waals surface area contributed by atoms with Gasteiger partial charge in [-0.2, -0.15) is 5.10 Å². The molecule has 1 aromatic heterocycles. The lowest BCUT2D eigenvalue weighted by Crippen LogP contribution is -2.39. The lowest BCUT2D eigenvalue weighted by atomic mass is 10.2. The summed E-state index contributed by atoms with van der Waals surface area (Å²) in [6.07, 6.45) is 1.41. The topological polar surface area (TPSA) is 97.3 Å². The molecule has 0 fully saturated rings. The number of aryl methyl sites for hydroxylation is 1. The molecule has 8 heteroatoms. The highest BCUT2D eigenvalue weighted by Crippen LogP contribution is 2.10. The predicted molar refractivity (Wildman–Crippen MR) is 77.2 cm³/mol. The number of H-pyrrole nitrogens is 1. The van der Waals surface area contributed by atoms with E-state index in [0.717, 1.165) is 0 Å². The van der Waals surface area contributed by atoms with Crippen molar-refractivity contribution in [2.45, 2.75) is 46.3 Å². The van der Waals surface area contributed by atoms with Crippen LogP contribution < -0.4 is 11.1 Å². The van der Waals surface area contributed by atoms with Crippen LogP contribution in [-0.2, 0) is 11.3 Å². The van der Waals surface area contributed by atoms with Gasteiger partial charge in [0, 0.05) is 19.6 Å². The summed E-state index contributed by atoms with van der Waals surface area (Å²) in [4.78, 5) is 36.1. The summed E-state index contributed by atoms with van der Waals surface area (Å²) in [5, 5.41) is 5.64. The van der Waals surface area contributed by atoms with Crippen LogP contribution in [0.25, 0.3) is 0 Å². The summed E-state index contributed by atoms with van der Waals surface area (Å²) in [7, 11) is 0. The SMILES string of the molecule is CCN(CCCn1cn[nH]c(=O)c1=O)C(=O)OC(C)(C)C. The Morgan fingerprint density at radius 3 is 2.67 bits per heavy atom. The fourth-order valence-corrected chi connectivity index (χ4v) is 1.68. The van der Waals surface area contributed by atoms with Crippen LogP contribution in [0.1, 0.15) is 34.1 Å². The third kappa shape index (κ3) is 5.41. The number of nitrogens with zero attached hydrogens (tertiary/aromatic N) is 3. The molecule has 21 heavy (non-hydrogen) atoms. The number of aromatic amines is 1. The van der Waals surface area contributed by atoms with Gasteiger partial charge in [0.05, 0.1) is 0 Å². The number of amides is 1. The maximum absolute atomic E-state index is 11.9. The summed E-state index contributed by atoms with van der Waals surface area (Å²) in [6.45, 7) is 8.53. The lowest BCUT2D eigenvalue weighted by molar-refractivity contribution is 0.0256. The van der Waals surface area contributed by atoms with Crippen LogP contribution >= 0.6 is 0 Å². The largest absolute Gasteiger partial charge is 0.444 e. The van der Waals surface area contributed by atoms with Crippen LogP contribution in [-0.4, -0.2) is 44.4 Å². The molecule has 118 valence electrons. The van der Waals surface area contributed by atoms with E-state index in [-0.39, 0.29) is 6.09 Å². The number of carbonyl (C=O) groups is 1. The number of rotatable bonds is 5. The molecule has 0 aliphatic heterocycles. The van der Waals surface area contributed by atoms with Crippen LogP contribution in [0.2, 0.25) is 0 Å². The fraction of sp³-hybridized carbons (Fsp3) is 0.692.